The van der Waals surface area contributed by atoms with Gasteiger partial charge in [0, 0.05) is 12.7 Å². The van der Waals surface area contributed by atoms with Crippen LogP contribution in [0.25, 0.3) is 0 Å². The fraction of sp³-hybridized carbons (Fsp3) is 0.692. The van der Waals surface area contributed by atoms with Crippen LogP contribution >= 0.6 is 0 Å². The molecule has 0 saturated heterocycles. The number of nitrogens with two attached hydrogens (primary N) is 1. The normalized spacial score (nSPS) is 10.6. The van der Waals surface area contributed by atoms with Crippen LogP contribution in [0.15, 0.2) is 17.1 Å². The summed E-state index contributed by atoms with van der Waals surface area (Å²) >= 11 is 0. The first-order valence-electron chi connectivity index (χ1n) is 6.75. The molecule has 0 aromatic carbocycles. The Labute approximate surface area is 113 Å². The number of rotatable bonds is 10. The van der Waals surface area contributed by atoms with E-state index in [1.165, 1.54) is 10.7 Å². The lowest BCUT2D eigenvalue weighted by atomic mass is 10.4. The predicted octanol–water partition coefficient (Wildman–Crippen LogP) is 0.788. The van der Waals surface area contributed by atoms with Crippen LogP contribution in [0.1, 0.15) is 26.2 Å². The van der Waals surface area contributed by atoms with E-state index in [0.29, 0.717) is 32.1 Å². The van der Waals surface area contributed by atoms with Crippen molar-refractivity contribution in [3.8, 4) is 5.75 Å². The Morgan fingerprint density at radius 3 is 2.84 bits per heavy atom. The number of aromatic nitrogens is 2. The first kappa shape index (κ1) is 15.7. The largest absolute Gasteiger partial charge is 0.492 e. The molecule has 108 valence electrons. The minimum atomic E-state index is -0.177. The van der Waals surface area contributed by atoms with Crippen LogP contribution in [0, 0.1) is 0 Å². The van der Waals surface area contributed by atoms with Gasteiger partial charge in [0.05, 0.1) is 26.0 Å². The highest BCUT2D eigenvalue weighted by molar-refractivity contribution is 5.13. The van der Waals surface area contributed by atoms with Crippen molar-refractivity contribution in [3.05, 3.63) is 22.6 Å². The van der Waals surface area contributed by atoms with Crippen LogP contribution in [-0.4, -0.2) is 36.1 Å². The minimum Gasteiger partial charge on any atom is -0.492 e. The lowest BCUT2D eigenvalue weighted by Crippen LogP contribution is -2.24. The Kier molecular flexibility index (Phi) is 7.84. The molecule has 0 spiro atoms. The first-order valence-corrected chi connectivity index (χ1v) is 6.75. The summed E-state index contributed by atoms with van der Waals surface area (Å²) in [6.07, 6.45) is 4.45. The Morgan fingerprint density at radius 1 is 1.32 bits per heavy atom. The first-order chi connectivity index (χ1) is 9.27. The average molecular weight is 269 g/mol. The number of hydrogen-bond acceptors (Lipinski definition) is 5. The molecule has 6 nitrogen and oxygen atoms in total. The van der Waals surface area contributed by atoms with E-state index >= 15 is 0 Å². The van der Waals surface area contributed by atoms with E-state index in [1.807, 2.05) is 0 Å². The highest BCUT2D eigenvalue weighted by Crippen LogP contribution is 2.03. The minimum absolute atomic E-state index is 0.177. The van der Waals surface area contributed by atoms with Crippen molar-refractivity contribution in [1.29, 1.82) is 0 Å². The third-order valence-corrected chi connectivity index (χ3v) is 2.55. The van der Waals surface area contributed by atoms with Gasteiger partial charge in [0.1, 0.15) is 5.75 Å². The zero-order valence-corrected chi connectivity index (χ0v) is 11.5. The number of hydrogen-bond donors (Lipinski definition) is 1. The summed E-state index contributed by atoms with van der Waals surface area (Å²) in [4.78, 5) is 11.7. The molecule has 1 heterocycles. The van der Waals surface area contributed by atoms with Crippen molar-refractivity contribution in [3.63, 3.8) is 0 Å². The summed E-state index contributed by atoms with van der Waals surface area (Å²) in [5.74, 6) is 0.488. The number of unbranched alkanes of at least 4 members (excludes halogenated alkanes) is 1. The molecule has 1 aromatic rings. The fourth-order valence-electron chi connectivity index (χ4n) is 1.44. The summed E-state index contributed by atoms with van der Waals surface area (Å²) in [6.45, 7) is 4.87. The van der Waals surface area contributed by atoms with Crippen LogP contribution in [0.5, 0.6) is 5.75 Å². The van der Waals surface area contributed by atoms with Gasteiger partial charge < -0.3 is 15.2 Å². The van der Waals surface area contributed by atoms with Crippen LogP contribution in [0.4, 0.5) is 0 Å². The van der Waals surface area contributed by atoms with Crippen LogP contribution in [-0.2, 0) is 11.3 Å². The molecule has 19 heavy (non-hydrogen) atoms. The second-order valence-electron chi connectivity index (χ2n) is 4.21. The van der Waals surface area contributed by atoms with E-state index in [9.17, 15) is 4.79 Å². The summed E-state index contributed by atoms with van der Waals surface area (Å²) in [7, 11) is 0. The third-order valence-electron chi connectivity index (χ3n) is 2.55. The molecule has 0 radical (unpaired) electrons. The molecule has 2 N–H and O–H groups in total. The second kappa shape index (κ2) is 9.52. The van der Waals surface area contributed by atoms with E-state index in [4.69, 9.17) is 15.2 Å². The quantitative estimate of drug-likeness (QED) is 0.635. The van der Waals surface area contributed by atoms with Crippen molar-refractivity contribution >= 4 is 0 Å². The standard InChI is InChI=1S/C13H23N3O3/c1-2-3-7-18-9-6-16-13(17)10-12(11-15-16)19-8-4-5-14/h10-11H,2-9,14H2,1H3. The van der Waals surface area contributed by atoms with Crippen molar-refractivity contribution in [2.75, 3.05) is 26.4 Å². The molecule has 0 amide bonds. The Morgan fingerprint density at radius 2 is 2.16 bits per heavy atom. The van der Waals surface area contributed by atoms with E-state index < -0.39 is 0 Å². The number of ether oxygens (including phenoxy) is 2. The molecule has 1 rings (SSSR count). The molecule has 0 fully saturated rings. The van der Waals surface area contributed by atoms with Crippen molar-refractivity contribution in [2.45, 2.75) is 32.7 Å². The molecule has 0 unspecified atom stereocenters. The lowest BCUT2D eigenvalue weighted by Gasteiger charge is -2.07. The Hall–Kier alpha value is -1.40. The van der Waals surface area contributed by atoms with E-state index in [-0.39, 0.29) is 5.56 Å². The Balaban J connectivity index is 2.37. The maximum absolute atomic E-state index is 11.7. The van der Waals surface area contributed by atoms with Crippen molar-refractivity contribution in [1.82, 2.24) is 9.78 Å². The summed E-state index contributed by atoms with van der Waals surface area (Å²) in [5, 5.41) is 4.04. The van der Waals surface area contributed by atoms with Crippen molar-refractivity contribution in [2.24, 2.45) is 5.73 Å². The predicted molar refractivity (Wildman–Crippen MR) is 73.4 cm³/mol. The highest BCUT2D eigenvalue weighted by atomic mass is 16.5. The summed E-state index contributed by atoms with van der Waals surface area (Å²) < 4.78 is 12.1. The van der Waals surface area contributed by atoms with Crippen LogP contribution < -0.4 is 16.0 Å². The van der Waals surface area contributed by atoms with Gasteiger partial charge in [-0.05, 0) is 19.4 Å². The van der Waals surface area contributed by atoms with Gasteiger partial charge in [-0.1, -0.05) is 13.3 Å². The second-order valence-corrected chi connectivity index (χ2v) is 4.21. The van der Waals surface area contributed by atoms with Crippen LogP contribution in [0.2, 0.25) is 0 Å². The monoisotopic (exact) mass is 269 g/mol. The van der Waals surface area contributed by atoms with E-state index in [0.717, 1.165) is 25.9 Å². The van der Waals surface area contributed by atoms with Gasteiger partial charge in [-0.3, -0.25) is 4.79 Å². The van der Waals surface area contributed by atoms with Gasteiger partial charge in [-0.15, -0.1) is 0 Å². The molecule has 0 aliphatic heterocycles. The third kappa shape index (κ3) is 6.35. The molecular formula is C13H23N3O3. The van der Waals surface area contributed by atoms with Crippen molar-refractivity contribution < 1.29 is 9.47 Å². The Bertz CT molecular complexity index is 406. The van der Waals surface area contributed by atoms with Gasteiger partial charge >= 0.3 is 0 Å². The fourth-order valence-corrected chi connectivity index (χ4v) is 1.44. The van der Waals surface area contributed by atoms with E-state index in [2.05, 4.69) is 12.0 Å². The van der Waals surface area contributed by atoms with Gasteiger partial charge in [0.25, 0.3) is 5.56 Å². The summed E-state index contributed by atoms with van der Waals surface area (Å²) in [6, 6.07) is 1.44. The molecule has 1 aromatic heterocycles. The smallest absolute Gasteiger partial charge is 0.270 e. The van der Waals surface area contributed by atoms with Gasteiger partial charge in [0.15, 0.2) is 0 Å². The molecule has 0 atom stereocenters. The molecule has 0 aliphatic rings. The SMILES string of the molecule is CCCCOCCn1ncc(OCCCN)cc1=O. The highest BCUT2D eigenvalue weighted by Gasteiger charge is 2.01. The maximum Gasteiger partial charge on any atom is 0.270 e. The topological polar surface area (TPSA) is 79.4 Å². The molecule has 0 aliphatic carbocycles. The molecule has 6 heteroatoms. The van der Waals surface area contributed by atoms with E-state index in [1.54, 1.807) is 6.20 Å². The number of nitrogens with zero attached hydrogens (tertiary/aromatic N) is 2. The maximum atomic E-state index is 11.7. The van der Waals surface area contributed by atoms with Gasteiger partial charge in [0.2, 0.25) is 0 Å². The summed E-state index contributed by atoms with van der Waals surface area (Å²) in [5.41, 5.74) is 5.18. The van der Waals surface area contributed by atoms with Gasteiger partial charge in [-0.2, -0.15) is 5.10 Å². The lowest BCUT2D eigenvalue weighted by molar-refractivity contribution is 0.120. The molecule has 0 saturated carbocycles. The van der Waals surface area contributed by atoms with Crippen LogP contribution in [0.3, 0.4) is 0 Å². The zero-order valence-electron chi connectivity index (χ0n) is 11.5. The van der Waals surface area contributed by atoms with Gasteiger partial charge in [-0.25, -0.2) is 4.68 Å². The zero-order chi connectivity index (χ0) is 13.9. The average Bonchev–Trinajstić information content (AvgIpc) is 2.41. The molecule has 0 bridgehead atoms. The molecular weight excluding hydrogens is 246 g/mol.